The minimum absolute atomic E-state index is 0.0303. The van der Waals surface area contributed by atoms with Crippen molar-refractivity contribution in [1.82, 2.24) is 19.7 Å². The summed E-state index contributed by atoms with van der Waals surface area (Å²) >= 11 is 12.4. The fraction of sp³-hybridized carbons (Fsp3) is 0.368. The van der Waals surface area contributed by atoms with Crippen molar-refractivity contribution in [3.05, 3.63) is 51.0 Å². The molecule has 9 heteroatoms. The van der Waals surface area contributed by atoms with Gasteiger partial charge in [0.05, 0.1) is 35.2 Å². The van der Waals surface area contributed by atoms with Crippen LogP contribution in [-0.2, 0) is 0 Å². The monoisotopic (exact) mass is 418 g/mol. The molecule has 3 aromatic rings. The number of fused-ring (bicyclic) bond motifs is 1. The summed E-state index contributed by atoms with van der Waals surface area (Å²) < 4.78 is 1.40. The summed E-state index contributed by atoms with van der Waals surface area (Å²) in [6, 6.07) is 5.46. The van der Waals surface area contributed by atoms with E-state index in [1.54, 1.807) is 18.5 Å². The second-order valence-corrected chi connectivity index (χ2v) is 7.84. The van der Waals surface area contributed by atoms with Gasteiger partial charge in [-0.15, -0.1) is 0 Å². The lowest BCUT2D eigenvalue weighted by atomic mass is 10.2. The molecule has 0 unspecified atom stereocenters. The molecule has 0 amide bonds. The fourth-order valence-corrected chi connectivity index (χ4v) is 3.75. The van der Waals surface area contributed by atoms with Crippen molar-refractivity contribution >= 4 is 45.7 Å². The smallest absolute Gasteiger partial charge is 0.287 e. The van der Waals surface area contributed by atoms with E-state index in [4.69, 9.17) is 28.2 Å². The summed E-state index contributed by atoms with van der Waals surface area (Å²) in [5, 5.41) is 5.13. The van der Waals surface area contributed by atoms with Crippen LogP contribution >= 0.6 is 23.2 Å². The van der Waals surface area contributed by atoms with Gasteiger partial charge in [0.15, 0.2) is 0 Å². The Labute approximate surface area is 172 Å². The third-order valence-electron chi connectivity index (χ3n) is 4.85. The van der Waals surface area contributed by atoms with Crippen molar-refractivity contribution in [3.63, 3.8) is 0 Å². The van der Waals surface area contributed by atoms with Crippen LogP contribution in [0.3, 0.4) is 0 Å². The third kappa shape index (κ3) is 3.52. The number of aromatic nitrogens is 4. The zero-order valence-electron chi connectivity index (χ0n) is 15.6. The van der Waals surface area contributed by atoms with Crippen LogP contribution in [-0.4, -0.2) is 45.9 Å². The van der Waals surface area contributed by atoms with E-state index < -0.39 is 0 Å². The SMILES string of the molecule is CC(C)n1ncc(N2CCN(c3cnc4cc(Cl)ccc4n3)CC2)c(Cl)c1=O. The van der Waals surface area contributed by atoms with Gasteiger partial charge in [-0.05, 0) is 32.0 Å². The Morgan fingerprint density at radius 1 is 1.00 bits per heavy atom. The van der Waals surface area contributed by atoms with Crippen LogP contribution in [0.25, 0.3) is 11.0 Å². The Hall–Kier alpha value is -2.38. The van der Waals surface area contributed by atoms with E-state index in [9.17, 15) is 4.79 Å². The molecular formula is C19H20Cl2N6O. The van der Waals surface area contributed by atoms with Crippen molar-refractivity contribution in [2.75, 3.05) is 36.0 Å². The molecule has 1 aliphatic rings. The van der Waals surface area contributed by atoms with Gasteiger partial charge in [0.25, 0.3) is 5.56 Å². The zero-order valence-corrected chi connectivity index (χ0v) is 17.2. The largest absolute Gasteiger partial charge is 0.365 e. The van der Waals surface area contributed by atoms with E-state index in [1.807, 2.05) is 26.0 Å². The first kappa shape index (κ1) is 19.0. The van der Waals surface area contributed by atoms with Gasteiger partial charge in [-0.25, -0.2) is 9.67 Å². The molecule has 3 heterocycles. The summed E-state index contributed by atoms with van der Waals surface area (Å²) in [5.41, 5.74) is 2.02. The highest BCUT2D eigenvalue weighted by Gasteiger charge is 2.22. The van der Waals surface area contributed by atoms with Gasteiger partial charge in [-0.1, -0.05) is 23.2 Å². The lowest BCUT2D eigenvalue weighted by Crippen LogP contribution is -2.47. The highest BCUT2D eigenvalue weighted by Crippen LogP contribution is 2.25. The molecule has 0 saturated carbocycles. The van der Waals surface area contributed by atoms with E-state index in [2.05, 4.69) is 19.9 Å². The first-order chi connectivity index (χ1) is 13.4. The minimum atomic E-state index is -0.254. The first-order valence-corrected chi connectivity index (χ1v) is 9.89. The molecule has 28 heavy (non-hydrogen) atoms. The van der Waals surface area contributed by atoms with Crippen molar-refractivity contribution in [2.45, 2.75) is 19.9 Å². The molecule has 1 aliphatic heterocycles. The van der Waals surface area contributed by atoms with E-state index in [0.29, 0.717) is 23.8 Å². The number of hydrogen-bond acceptors (Lipinski definition) is 6. The second kappa shape index (κ2) is 7.56. The topological polar surface area (TPSA) is 67.2 Å². The average Bonchev–Trinajstić information content (AvgIpc) is 2.69. The molecule has 1 fully saturated rings. The Kier molecular flexibility index (Phi) is 5.12. The van der Waals surface area contributed by atoms with Gasteiger partial charge < -0.3 is 9.80 Å². The van der Waals surface area contributed by atoms with Crippen LogP contribution in [0.4, 0.5) is 11.5 Å². The lowest BCUT2D eigenvalue weighted by Gasteiger charge is -2.36. The Morgan fingerprint density at radius 3 is 2.43 bits per heavy atom. The Morgan fingerprint density at radius 2 is 1.71 bits per heavy atom. The normalized spacial score (nSPS) is 14.9. The first-order valence-electron chi connectivity index (χ1n) is 9.13. The van der Waals surface area contributed by atoms with Gasteiger partial charge in [0.2, 0.25) is 0 Å². The molecule has 1 saturated heterocycles. The highest BCUT2D eigenvalue weighted by molar-refractivity contribution is 6.33. The predicted molar refractivity (Wildman–Crippen MR) is 113 cm³/mol. The quantitative estimate of drug-likeness (QED) is 0.649. The van der Waals surface area contributed by atoms with Crippen molar-refractivity contribution in [1.29, 1.82) is 0 Å². The van der Waals surface area contributed by atoms with E-state index >= 15 is 0 Å². The van der Waals surface area contributed by atoms with E-state index in [-0.39, 0.29) is 16.6 Å². The van der Waals surface area contributed by atoms with Gasteiger partial charge in [-0.2, -0.15) is 5.10 Å². The Bertz CT molecular complexity index is 1080. The maximum Gasteiger partial charge on any atom is 0.287 e. The summed E-state index contributed by atoms with van der Waals surface area (Å²) in [5.74, 6) is 0.828. The fourth-order valence-electron chi connectivity index (χ4n) is 3.33. The van der Waals surface area contributed by atoms with Gasteiger partial charge in [0, 0.05) is 31.2 Å². The van der Waals surface area contributed by atoms with E-state index in [0.717, 1.165) is 29.9 Å². The maximum absolute atomic E-state index is 12.4. The lowest BCUT2D eigenvalue weighted by molar-refractivity contribution is 0.501. The summed E-state index contributed by atoms with van der Waals surface area (Å²) in [4.78, 5) is 25.8. The van der Waals surface area contributed by atoms with Crippen LogP contribution in [0.2, 0.25) is 10.0 Å². The number of piperazine rings is 1. The number of nitrogens with zero attached hydrogens (tertiary/aromatic N) is 6. The molecule has 2 aromatic heterocycles. The third-order valence-corrected chi connectivity index (χ3v) is 5.44. The van der Waals surface area contributed by atoms with Crippen LogP contribution in [0, 0.1) is 0 Å². The maximum atomic E-state index is 12.4. The van der Waals surface area contributed by atoms with Crippen molar-refractivity contribution in [3.8, 4) is 0 Å². The predicted octanol–water partition coefficient (Wildman–Crippen LogP) is 3.40. The van der Waals surface area contributed by atoms with Crippen LogP contribution in [0.5, 0.6) is 0 Å². The number of benzene rings is 1. The van der Waals surface area contributed by atoms with Gasteiger partial charge in [0.1, 0.15) is 10.8 Å². The zero-order chi connectivity index (χ0) is 19.8. The molecule has 0 N–H and O–H groups in total. The minimum Gasteiger partial charge on any atom is -0.365 e. The Balaban J connectivity index is 1.51. The van der Waals surface area contributed by atoms with Gasteiger partial charge in [-0.3, -0.25) is 9.78 Å². The van der Waals surface area contributed by atoms with Gasteiger partial charge >= 0.3 is 0 Å². The second-order valence-electron chi connectivity index (χ2n) is 7.02. The van der Waals surface area contributed by atoms with Crippen molar-refractivity contribution in [2.24, 2.45) is 0 Å². The average molecular weight is 419 g/mol. The standard InChI is InChI=1S/C19H20Cl2N6O/c1-12(2)27-19(28)18(21)16(10-23-27)25-5-7-26(8-6-25)17-11-22-15-9-13(20)3-4-14(15)24-17/h3-4,9-12H,5-8H2,1-2H3. The van der Waals surface area contributed by atoms with Crippen LogP contribution < -0.4 is 15.4 Å². The summed E-state index contributed by atoms with van der Waals surface area (Å²) in [6.07, 6.45) is 3.45. The molecule has 1 aromatic carbocycles. The van der Waals surface area contributed by atoms with E-state index in [1.165, 1.54) is 4.68 Å². The van der Waals surface area contributed by atoms with Crippen LogP contribution in [0.1, 0.15) is 19.9 Å². The molecule has 0 radical (unpaired) electrons. The van der Waals surface area contributed by atoms with Crippen LogP contribution in [0.15, 0.2) is 35.4 Å². The number of hydrogen-bond donors (Lipinski definition) is 0. The summed E-state index contributed by atoms with van der Waals surface area (Å²) in [7, 11) is 0. The molecule has 0 atom stereocenters. The molecule has 0 spiro atoms. The molecule has 146 valence electrons. The molecule has 0 bridgehead atoms. The number of anilines is 2. The van der Waals surface area contributed by atoms with Crippen molar-refractivity contribution < 1.29 is 0 Å². The molecular weight excluding hydrogens is 399 g/mol. The number of rotatable bonds is 3. The summed E-state index contributed by atoms with van der Waals surface area (Å²) in [6.45, 7) is 6.73. The highest BCUT2D eigenvalue weighted by atomic mass is 35.5. The molecule has 7 nitrogen and oxygen atoms in total. The molecule has 0 aliphatic carbocycles. The number of halogens is 2. The molecule has 4 rings (SSSR count).